The Morgan fingerprint density at radius 2 is 1.94 bits per heavy atom. The van der Waals surface area contributed by atoms with Gasteiger partial charge in [0.15, 0.2) is 0 Å². The van der Waals surface area contributed by atoms with Gasteiger partial charge in [0.1, 0.15) is 23.4 Å². The average Bonchev–Trinajstić information content (AvgIpc) is 3.37. The fourth-order valence-electron chi connectivity index (χ4n) is 3.37. The Kier molecular flexibility index (Phi) is 5.04. The number of hydrogen-bond donors (Lipinski definition) is 1. The van der Waals surface area contributed by atoms with Crippen molar-refractivity contribution in [2.75, 3.05) is 4.90 Å². The van der Waals surface area contributed by atoms with Crippen LogP contribution in [0.5, 0.6) is 0 Å². The summed E-state index contributed by atoms with van der Waals surface area (Å²) in [7, 11) is 0. The van der Waals surface area contributed by atoms with Gasteiger partial charge in [0.05, 0.1) is 21.8 Å². The van der Waals surface area contributed by atoms with Gasteiger partial charge >= 0.3 is 0 Å². The smallest absolute Gasteiger partial charge is 0.300 e. The van der Waals surface area contributed by atoms with Crippen molar-refractivity contribution in [3.63, 3.8) is 0 Å². The van der Waals surface area contributed by atoms with Crippen molar-refractivity contribution in [3.05, 3.63) is 98.7 Å². The van der Waals surface area contributed by atoms with E-state index < -0.39 is 34.2 Å². The van der Waals surface area contributed by atoms with Gasteiger partial charge in [-0.15, -0.1) is 0 Å². The summed E-state index contributed by atoms with van der Waals surface area (Å²) in [5.74, 6) is -3.22. The normalized spacial score (nSPS) is 17.9. The lowest BCUT2D eigenvalue weighted by atomic mass is 9.99. The van der Waals surface area contributed by atoms with Crippen LogP contribution in [0.2, 0.25) is 5.02 Å². The minimum Gasteiger partial charge on any atom is -0.507 e. The number of nitro benzene ring substituents is 1. The molecule has 1 amide bonds. The van der Waals surface area contributed by atoms with E-state index in [0.717, 1.165) is 17.0 Å². The van der Waals surface area contributed by atoms with Crippen LogP contribution in [0.1, 0.15) is 17.4 Å². The Labute approximate surface area is 178 Å². The molecule has 31 heavy (non-hydrogen) atoms. The van der Waals surface area contributed by atoms with Crippen molar-refractivity contribution in [1.29, 1.82) is 0 Å². The second-order valence-electron chi connectivity index (χ2n) is 6.59. The highest BCUT2D eigenvalue weighted by Crippen LogP contribution is 2.43. The third kappa shape index (κ3) is 3.44. The number of carbonyl (C=O) groups excluding carboxylic acids is 2. The van der Waals surface area contributed by atoms with Gasteiger partial charge in [-0.25, -0.2) is 4.39 Å². The van der Waals surface area contributed by atoms with Gasteiger partial charge in [-0.3, -0.25) is 24.6 Å². The maximum atomic E-state index is 13.6. The van der Waals surface area contributed by atoms with Crippen LogP contribution in [-0.2, 0) is 9.59 Å². The second-order valence-corrected chi connectivity index (χ2v) is 7.00. The number of aliphatic hydroxyl groups is 1. The average molecular weight is 443 g/mol. The third-order valence-electron chi connectivity index (χ3n) is 4.77. The fourth-order valence-corrected chi connectivity index (χ4v) is 3.55. The number of carbonyl (C=O) groups is 2. The molecule has 8 nitrogen and oxygen atoms in total. The minimum absolute atomic E-state index is 0.0269. The number of nitrogens with zero attached hydrogens (tertiary/aromatic N) is 2. The zero-order chi connectivity index (χ0) is 22.3. The lowest BCUT2D eigenvalue weighted by Gasteiger charge is -2.23. The molecule has 156 valence electrons. The number of hydrogen-bond acceptors (Lipinski definition) is 6. The molecule has 3 aromatic rings. The molecule has 0 aliphatic carbocycles. The number of non-ortho nitro benzene ring substituents is 1. The van der Waals surface area contributed by atoms with Crippen LogP contribution < -0.4 is 4.90 Å². The van der Waals surface area contributed by atoms with Crippen LogP contribution in [-0.4, -0.2) is 21.7 Å². The number of ketones is 1. The van der Waals surface area contributed by atoms with Gasteiger partial charge in [-0.2, -0.15) is 0 Å². The molecule has 1 aliphatic heterocycles. The maximum Gasteiger partial charge on any atom is 0.300 e. The quantitative estimate of drug-likeness (QED) is 0.207. The highest BCUT2D eigenvalue weighted by molar-refractivity contribution is 6.51. The number of nitro groups is 1. The van der Waals surface area contributed by atoms with Gasteiger partial charge in [-0.1, -0.05) is 23.7 Å². The molecule has 1 aromatic heterocycles. The van der Waals surface area contributed by atoms with Crippen LogP contribution in [0.25, 0.3) is 5.76 Å². The highest BCUT2D eigenvalue weighted by Gasteiger charge is 2.48. The standard InChI is InChI=1S/C21H12ClFN2O6/c22-14-10-12(6-7-15(14)23)24-18(16-5-2-8-31-16)17(20(27)21(24)28)19(26)11-3-1-4-13(9-11)25(29)30/h1-10,18,26H/b19-17-. The van der Waals surface area contributed by atoms with E-state index in [9.17, 15) is 29.2 Å². The van der Waals surface area contributed by atoms with Crippen LogP contribution in [0.15, 0.2) is 70.9 Å². The monoisotopic (exact) mass is 442 g/mol. The van der Waals surface area contributed by atoms with Crippen molar-refractivity contribution >= 4 is 40.4 Å². The van der Waals surface area contributed by atoms with Crippen molar-refractivity contribution in [2.24, 2.45) is 0 Å². The van der Waals surface area contributed by atoms with E-state index in [-0.39, 0.29) is 33.3 Å². The Balaban J connectivity index is 1.93. The van der Waals surface area contributed by atoms with Crippen molar-refractivity contribution in [1.82, 2.24) is 0 Å². The van der Waals surface area contributed by atoms with E-state index in [1.165, 1.54) is 48.7 Å². The lowest BCUT2D eigenvalue weighted by molar-refractivity contribution is -0.384. The van der Waals surface area contributed by atoms with Gasteiger partial charge in [0, 0.05) is 23.4 Å². The molecule has 0 radical (unpaired) electrons. The van der Waals surface area contributed by atoms with Crippen molar-refractivity contribution in [3.8, 4) is 0 Å². The van der Waals surface area contributed by atoms with Crippen LogP contribution >= 0.6 is 11.6 Å². The molecule has 0 bridgehead atoms. The summed E-state index contributed by atoms with van der Waals surface area (Å²) >= 11 is 5.84. The summed E-state index contributed by atoms with van der Waals surface area (Å²) in [6.07, 6.45) is 1.32. The second kappa shape index (κ2) is 7.69. The largest absolute Gasteiger partial charge is 0.507 e. The molecule has 4 rings (SSSR count). The molecule has 1 unspecified atom stereocenters. The molecule has 1 saturated heterocycles. The predicted molar refractivity (Wildman–Crippen MR) is 108 cm³/mol. The maximum absolute atomic E-state index is 13.6. The zero-order valence-electron chi connectivity index (χ0n) is 15.5. The molecule has 1 fully saturated rings. The van der Waals surface area contributed by atoms with Crippen LogP contribution in [0, 0.1) is 15.9 Å². The van der Waals surface area contributed by atoms with Crippen molar-refractivity contribution in [2.45, 2.75) is 6.04 Å². The number of halogens is 2. The molecule has 1 N–H and O–H groups in total. The number of Topliss-reactive ketones (excluding diaryl/α,β-unsaturated/α-hetero) is 1. The predicted octanol–water partition coefficient (Wildman–Crippen LogP) is 4.61. The third-order valence-corrected chi connectivity index (χ3v) is 5.06. The lowest BCUT2D eigenvalue weighted by Crippen LogP contribution is -2.29. The van der Waals surface area contributed by atoms with Crippen LogP contribution in [0.3, 0.4) is 0 Å². The Bertz CT molecular complexity index is 1250. The zero-order valence-corrected chi connectivity index (χ0v) is 16.2. The molecule has 10 heteroatoms. The molecule has 0 spiro atoms. The van der Waals surface area contributed by atoms with E-state index in [1.54, 1.807) is 0 Å². The summed E-state index contributed by atoms with van der Waals surface area (Å²) in [6.45, 7) is 0. The van der Waals surface area contributed by atoms with Gasteiger partial charge in [0.2, 0.25) is 0 Å². The molecular weight excluding hydrogens is 431 g/mol. The van der Waals surface area contributed by atoms with Gasteiger partial charge in [0.25, 0.3) is 17.4 Å². The van der Waals surface area contributed by atoms with Crippen LogP contribution in [0.4, 0.5) is 15.8 Å². The SMILES string of the molecule is O=C1C(=O)N(c2ccc(F)c(Cl)c2)C(c2ccco2)/C1=C(/O)c1cccc([N+](=O)[O-])c1. The minimum atomic E-state index is -1.20. The summed E-state index contributed by atoms with van der Waals surface area (Å²) in [5, 5.41) is 21.7. The Morgan fingerprint density at radius 3 is 2.58 bits per heavy atom. The van der Waals surface area contributed by atoms with Crippen molar-refractivity contribution < 1.29 is 28.4 Å². The van der Waals surface area contributed by atoms with E-state index >= 15 is 0 Å². The number of rotatable bonds is 4. The number of aliphatic hydroxyl groups excluding tert-OH is 1. The van der Waals surface area contributed by atoms with Gasteiger partial charge in [-0.05, 0) is 30.3 Å². The summed E-state index contributed by atoms with van der Waals surface area (Å²) < 4.78 is 19.0. The number of benzene rings is 2. The topological polar surface area (TPSA) is 114 Å². The molecule has 1 aliphatic rings. The van der Waals surface area contributed by atoms with E-state index in [2.05, 4.69) is 0 Å². The fraction of sp³-hybridized carbons (Fsp3) is 0.0476. The Hall–Kier alpha value is -3.98. The molecule has 2 aromatic carbocycles. The highest BCUT2D eigenvalue weighted by atomic mass is 35.5. The molecule has 1 atom stereocenters. The first-order valence-corrected chi connectivity index (χ1v) is 9.21. The first-order chi connectivity index (χ1) is 14.8. The van der Waals surface area contributed by atoms with E-state index in [1.807, 2.05) is 0 Å². The number of furan rings is 1. The Morgan fingerprint density at radius 1 is 1.16 bits per heavy atom. The molecule has 2 heterocycles. The first kappa shape index (κ1) is 20.3. The number of anilines is 1. The molecule has 0 saturated carbocycles. The molecular formula is C21H12ClFN2O6. The van der Waals surface area contributed by atoms with E-state index in [0.29, 0.717) is 0 Å². The first-order valence-electron chi connectivity index (χ1n) is 8.84. The van der Waals surface area contributed by atoms with Gasteiger partial charge < -0.3 is 9.52 Å². The summed E-state index contributed by atoms with van der Waals surface area (Å²) in [5.41, 5.74) is -0.562. The van der Waals surface area contributed by atoms with E-state index in [4.69, 9.17) is 16.0 Å². The summed E-state index contributed by atoms with van der Waals surface area (Å²) in [4.78, 5) is 37.2. The summed E-state index contributed by atoms with van der Waals surface area (Å²) in [6, 6.07) is 10.3. The number of amides is 1.